The van der Waals surface area contributed by atoms with Crippen LogP contribution in [0.2, 0.25) is 0 Å². The number of phosphoric ester groups is 1. The van der Waals surface area contributed by atoms with Gasteiger partial charge in [-0.15, -0.1) is 0 Å². The first-order valence-electron chi connectivity index (χ1n) is 43.2. The number of rotatable bonds is 73. The first-order chi connectivity index (χ1) is 50.8. The number of carboxylic acid groups (broad SMARTS) is 1. The van der Waals surface area contributed by atoms with Gasteiger partial charge in [-0.25, -0.2) is 9.36 Å². The van der Waals surface area contributed by atoms with Crippen molar-refractivity contribution >= 4 is 43.5 Å². The Labute approximate surface area is 639 Å². The number of carbonyl (C=O) groups is 6. The maximum absolute atomic E-state index is 14.7. The molecule has 0 radical (unpaired) electrons. The lowest BCUT2D eigenvalue weighted by molar-refractivity contribution is -0.272. The average Bonchev–Trinajstić information content (AvgIpc) is 0.780. The molecule has 1 aliphatic rings. The zero-order chi connectivity index (χ0) is 77.8. The van der Waals surface area contributed by atoms with Crippen molar-refractivity contribution in [2.45, 2.75) is 464 Å². The summed E-state index contributed by atoms with van der Waals surface area (Å²) in [6.45, 7) is 19.2. The van der Waals surface area contributed by atoms with E-state index in [0.717, 1.165) is 154 Å². The van der Waals surface area contributed by atoms with Crippen LogP contribution in [-0.4, -0.2) is 154 Å². The number of carboxylic acids is 1. The third-order valence-electron chi connectivity index (χ3n) is 20.3. The molecule has 2 amide bonds. The van der Waals surface area contributed by atoms with E-state index in [1.54, 1.807) is 0 Å². The Balaban J connectivity index is 0.0000146. The second kappa shape index (κ2) is 71.1. The minimum absolute atomic E-state index is 0.135. The Morgan fingerprint density at radius 2 is 0.781 bits per heavy atom. The van der Waals surface area contributed by atoms with Gasteiger partial charge in [-0.2, -0.15) is 0 Å². The number of aliphatic hydroxyl groups is 2. The van der Waals surface area contributed by atoms with Gasteiger partial charge in [0.25, 0.3) is 0 Å². The number of ether oxygens (including phenoxy) is 5. The van der Waals surface area contributed by atoms with Gasteiger partial charge in [0.2, 0.25) is 11.8 Å². The summed E-state index contributed by atoms with van der Waals surface area (Å²) in [5.41, 5.74) is 0. The highest BCUT2D eigenvalue weighted by molar-refractivity contribution is 7.46. The van der Waals surface area contributed by atoms with E-state index in [9.17, 15) is 58.4 Å². The van der Waals surface area contributed by atoms with E-state index in [4.69, 9.17) is 28.2 Å². The van der Waals surface area contributed by atoms with Crippen LogP contribution in [0, 0.1) is 0 Å². The molecule has 1 rings (SSSR count). The van der Waals surface area contributed by atoms with Crippen LogP contribution in [0.1, 0.15) is 409 Å². The molecule has 1 heterocycles. The summed E-state index contributed by atoms with van der Waals surface area (Å²) in [6, 6.07) is -3.54. The molecule has 0 bridgehead atoms. The topological polar surface area (TPSA) is 303 Å². The minimum Gasteiger partial charge on any atom is -0.480 e. The molecule has 9 atom stereocenters. The molecule has 0 unspecified atom stereocenters. The van der Waals surface area contributed by atoms with Gasteiger partial charge in [0.15, 0.2) is 18.4 Å². The second-order valence-corrected chi connectivity index (χ2v) is 31.1. The Hall–Kier alpha value is -3.27. The fourth-order valence-electron chi connectivity index (χ4n) is 13.7. The zero-order valence-electron chi connectivity index (χ0n) is 68.1. The van der Waals surface area contributed by atoms with E-state index < -0.39 is 131 Å². The van der Waals surface area contributed by atoms with Gasteiger partial charge in [0.05, 0.1) is 38.6 Å². The quantitative estimate of drug-likeness (QED) is 0.0129. The number of aliphatic hydroxyl groups excluding tert-OH is 2. The lowest BCUT2D eigenvalue weighted by Crippen LogP contribution is -2.66. The van der Waals surface area contributed by atoms with E-state index in [1.165, 1.54) is 135 Å². The van der Waals surface area contributed by atoms with Crippen LogP contribution < -0.4 is 10.6 Å². The molecule has 1 aliphatic heterocycles. The number of nitrogens with one attached hydrogen (secondary N) is 2. The molecule has 21 nitrogen and oxygen atoms in total. The number of hydrogen-bond donors (Lipinski definition) is 7. The zero-order valence-corrected chi connectivity index (χ0v) is 69.0. The van der Waals surface area contributed by atoms with Crippen molar-refractivity contribution in [3.8, 4) is 0 Å². The highest BCUT2D eigenvalue weighted by Crippen LogP contribution is 2.42. The fraction of sp³-hybridized carbons (Fsp3) is 0.928. The van der Waals surface area contributed by atoms with Gasteiger partial charge in [0.1, 0.15) is 30.5 Å². The van der Waals surface area contributed by atoms with Crippen LogP contribution in [-0.2, 0) is 61.5 Å². The van der Waals surface area contributed by atoms with Crippen LogP contribution >= 0.6 is 7.82 Å². The average molecular weight is 1520 g/mol. The molecule has 0 aromatic heterocycles. The van der Waals surface area contributed by atoms with Crippen molar-refractivity contribution in [2.75, 3.05) is 32.8 Å². The number of phosphoric acid groups is 1. The number of amides is 2. The van der Waals surface area contributed by atoms with Gasteiger partial charge in [-0.1, -0.05) is 331 Å². The van der Waals surface area contributed by atoms with Crippen molar-refractivity contribution < 1.29 is 86.6 Å². The Morgan fingerprint density at radius 1 is 0.438 bits per heavy atom. The number of esters is 3. The summed E-state index contributed by atoms with van der Waals surface area (Å²) >= 11 is 0. The summed E-state index contributed by atoms with van der Waals surface area (Å²) in [6.07, 6.45) is 38.9. The van der Waals surface area contributed by atoms with E-state index >= 15 is 0 Å². The lowest BCUT2D eigenvalue weighted by Gasteiger charge is -2.45. The molecular weight excluding hydrogens is 1360 g/mol. The van der Waals surface area contributed by atoms with Crippen molar-refractivity contribution in [1.29, 1.82) is 0 Å². The summed E-state index contributed by atoms with van der Waals surface area (Å²) in [5.74, 6) is -5.07. The smallest absolute Gasteiger partial charge is 0.470 e. The van der Waals surface area contributed by atoms with Crippen molar-refractivity contribution in [3.05, 3.63) is 0 Å². The minimum atomic E-state index is -5.54. The Kier molecular flexibility index (Phi) is 68.9. The summed E-state index contributed by atoms with van der Waals surface area (Å²) in [5, 5.41) is 37.3. The molecule has 105 heavy (non-hydrogen) atoms. The van der Waals surface area contributed by atoms with Gasteiger partial charge in [-0.3, -0.25) is 28.5 Å². The van der Waals surface area contributed by atoms with Crippen LogP contribution in [0.5, 0.6) is 0 Å². The van der Waals surface area contributed by atoms with E-state index in [2.05, 4.69) is 70.9 Å². The van der Waals surface area contributed by atoms with Gasteiger partial charge >= 0.3 is 31.7 Å². The predicted octanol–water partition coefficient (Wildman–Crippen LogP) is 19.3. The predicted molar refractivity (Wildman–Crippen MR) is 422 cm³/mol. The number of aliphatic carboxylic acids is 1. The molecular formula is C83H160N3O18P. The molecule has 0 aromatic rings. The fourth-order valence-corrected chi connectivity index (χ4v) is 14.3. The van der Waals surface area contributed by atoms with Gasteiger partial charge in [0, 0.05) is 12.8 Å². The molecule has 7 N–H and O–H groups in total. The van der Waals surface area contributed by atoms with Gasteiger partial charge in [-0.05, 0) is 64.6 Å². The summed E-state index contributed by atoms with van der Waals surface area (Å²) < 4.78 is 48.6. The first-order valence-corrected chi connectivity index (χ1v) is 44.7. The van der Waals surface area contributed by atoms with E-state index in [-0.39, 0.29) is 12.8 Å². The van der Waals surface area contributed by atoms with Crippen LogP contribution in [0.3, 0.4) is 0 Å². The Morgan fingerprint density at radius 3 is 1.11 bits per heavy atom. The van der Waals surface area contributed by atoms with Crippen molar-refractivity contribution in [2.24, 2.45) is 0 Å². The highest BCUT2D eigenvalue weighted by Gasteiger charge is 2.52. The third kappa shape index (κ3) is 60.2. The van der Waals surface area contributed by atoms with E-state index in [0.29, 0.717) is 51.4 Å². The maximum atomic E-state index is 14.7. The highest BCUT2D eigenvalue weighted by atomic mass is 31.2. The second-order valence-electron chi connectivity index (χ2n) is 30.0. The molecule has 0 spiro atoms. The SMILES string of the molecule is CCCCCCCCCCCCCC(=O)O[C@H](CCCCCCCCCCC)CC(=O)O[C@@H]1[C@@H](NC(=O)C[C@@H](CCCCCCCCCCC)OC(=O)CCCCCCCCCCC)[C@@H](OC[C@H](NC(=O)C[C@H](O)CCCCCCCCCCC)C(=O)O)O[C@H](CO)[C@H]1OP(=O)(O)O.CCN(CC)CC. The number of carbonyl (C=O) groups excluding carboxylic acids is 5. The third-order valence-corrected chi connectivity index (χ3v) is 20.8. The number of hydrogen-bond acceptors (Lipinski definition) is 16. The van der Waals surface area contributed by atoms with Crippen LogP contribution in [0.4, 0.5) is 0 Å². The van der Waals surface area contributed by atoms with Crippen LogP contribution in [0.15, 0.2) is 0 Å². The molecule has 0 aromatic carbocycles. The number of nitrogens with zero attached hydrogens (tertiary/aromatic N) is 1. The molecule has 1 saturated heterocycles. The summed E-state index contributed by atoms with van der Waals surface area (Å²) in [4.78, 5) is 106. The molecule has 0 saturated carbocycles. The monoisotopic (exact) mass is 1520 g/mol. The standard InChI is InChI=1S/C77H145N2O18P.C6H15N/c1-6-11-16-21-26-31-32-37-42-47-52-57-71(85)94-65(55-50-45-40-35-29-24-19-14-9-4)60-72(86)96-75-73(79-69(83)59-64(54-49-44-39-34-28-23-18-13-8-3)93-70(84)56-51-46-41-36-30-25-20-15-10-5)77(95-67(61-80)74(75)97-98(89,90)91)92-62-66(76(87)88)78-68(82)58-63(81)53-48-43-38-33-27-22-17-12-7-2;1-4-7(5-2)6-3/h63-67,73-75,77,80-81H,6-62H2,1-5H3,(H,78,82)(H,79,83)(H,87,88)(H2,89,90,91);4-6H2,1-3H3/t63-,64-,65-,66+,67-,73-,74-,75-,77+;/m1./s1. The van der Waals surface area contributed by atoms with Gasteiger partial charge < -0.3 is 64.3 Å². The molecule has 22 heteroatoms. The maximum Gasteiger partial charge on any atom is 0.470 e. The van der Waals surface area contributed by atoms with E-state index in [1.807, 2.05) is 0 Å². The normalized spacial score (nSPS) is 17.1. The lowest BCUT2D eigenvalue weighted by atomic mass is 9.95. The Bertz CT molecular complexity index is 2120. The molecule has 0 aliphatic carbocycles. The first kappa shape index (κ1) is 102. The molecule has 620 valence electrons. The molecule has 1 fully saturated rings. The summed E-state index contributed by atoms with van der Waals surface area (Å²) in [7, 11) is -5.54. The van der Waals surface area contributed by atoms with Crippen molar-refractivity contribution in [1.82, 2.24) is 15.5 Å². The largest absolute Gasteiger partial charge is 0.480 e. The number of unbranched alkanes of at least 4 members (excludes halogenated alkanes) is 42. The van der Waals surface area contributed by atoms with Crippen molar-refractivity contribution in [3.63, 3.8) is 0 Å². The van der Waals surface area contributed by atoms with Crippen LogP contribution in [0.25, 0.3) is 0 Å².